The fourth-order valence-electron chi connectivity index (χ4n) is 2.12. The Morgan fingerprint density at radius 2 is 2.07 bits per heavy atom. The van der Waals surface area contributed by atoms with Crippen LogP contribution in [0.1, 0.15) is 33.6 Å². The first-order valence-corrected chi connectivity index (χ1v) is 11.9. The van der Waals surface area contributed by atoms with Crippen molar-refractivity contribution in [1.82, 2.24) is 10.2 Å². The highest BCUT2D eigenvalue weighted by Crippen LogP contribution is 2.40. The molecule has 0 spiro atoms. The second kappa shape index (κ2) is 12.8. The third-order valence-corrected chi connectivity index (χ3v) is 7.25. The van der Waals surface area contributed by atoms with Crippen LogP contribution in [0.5, 0.6) is 0 Å². The van der Waals surface area contributed by atoms with Crippen molar-refractivity contribution in [2.75, 3.05) is 26.0 Å². The zero-order valence-electron chi connectivity index (χ0n) is 16.6. The van der Waals surface area contributed by atoms with Gasteiger partial charge in [-0.05, 0) is 12.8 Å². The van der Waals surface area contributed by atoms with Gasteiger partial charge in [-0.3, -0.25) is 14.4 Å². The van der Waals surface area contributed by atoms with E-state index >= 15 is 0 Å². The van der Waals surface area contributed by atoms with Gasteiger partial charge < -0.3 is 24.2 Å². The van der Waals surface area contributed by atoms with E-state index < -0.39 is 14.0 Å². The molecule has 0 saturated carbocycles. The number of thioether (sulfide) groups is 2. The van der Waals surface area contributed by atoms with Gasteiger partial charge in [0.05, 0.1) is 18.6 Å². The lowest BCUT2D eigenvalue weighted by atomic mass is 10.00. The Balaban J connectivity index is 2.25. The SMILES string of the molecule is CNC(=O)/C=C\N(C=O)C1CCC(COP(O)OCCSC(=O)C(C)(C)C)S1. The van der Waals surface area contributed by atoms with Crippen LogP contribution in [0, 0.1) is 5.41 Å². The molecule has 2 N–H and O–H groups in total. The van der Waals surface area contributed by atoms with Gasteiger partial charge in [-0.25, -0.2) is 0 Å². The molecule has 1 aliphatic rings. The molecule has 3 atom stereocenters. The molecule has 1 aliphatic heterocycles. The van der Waals surface area contributed by atoms with Gasteiger partial charge in [0.15, 0.2) is 5.12 Å². The highest BCUT2D eigenvalue weighted by atomic mass is 32.2. The summed E-state index contributed by atoms with van der Waals surface area (Å²) in [5, 5.41) is 2.59. The number of carbonyl (C=O) groups excluding carboxylic acids is 3. The average molecular weight is 453 g/mol. The van der Waals surface area contributed by atoms with Crippen LogP contribution in [0.25, 0.3) is 0 Å². The van der Waals surface area contributed by atoms with E-state index in [4.69, 9.17) is 9.05 Å². The standard InChI is InChI=1S/C17H29N2O6PS2/c1-17(2,3)16(22)27-10-9-24-26(23)25-11-13-5-6-15(28-13)19(12-20)8-7-14(21)18-4/h7-8,12-13,15,23H,5-6,9-11H2,1-4H3,(H,18,21)/b8-7-. The van der Waals surface area contributed by atoms with Crippen molar-refractivity contribution in [3.63, 3.8) is 0 Å². The van der Waals surface area contributed by atoms with Crippen LogP contribution >= 0.6 is 32.1 Å². The lowest BCUT2D eigenvalue weighted by Crippen LogP contribution is -2.25. The molecule has 8 nitrogen and oxygen atoms in total. The Kier molecular flexibility index (Phi) is 11.6. The molecule has 11 heteroatoms. The summed E-state index contributed by atoms with van der Waals surface area (Å²) in [4.78, 5) is 45.6. The molecule has 160 valence electrons. The summed E-state index contributed by atoms with van der Waals surface area (Å²) in [7, 11) is -0.475. The van der Waals surface area contributed by atoms with Crippen LogP contribution in [-0.2, 0) is 23.4 Å². The van der Waals surface area contributed by atoms with Gasteiger partial charge >= 0.3 is 8.60 Å². The van der Waals surface area contributed by atoms with Crippen molar-refractivity contribution >= 4 is 49.6 Å². The van der Waals surface area contributed by atoms with Crippen molar-refractivity contribution in [1.29, 1.82) is 0 Å². The highest BCUT2D eigenvalue weighted by Gasteiger charge is 2.29. The van der Waals surface area contributed by atoms with Crippen LogP contribution in [0.2, 0.25) is 0 Å². The number of amides is 2. The topological polar surface area (TPSA) is 105 Å². The summed E-state index contributed by atoms with van der Waals surface area (Å²) in [6.07, 6.45) is 5.06. The Labute approximate surface area is 176 Å². The molecule has 0 aromatic carbocycles. The lowest BCUT2D eigenvalue weighted by Gasteiger charge is -2.20. The van der Waals surface area contributed by atoms with Gasteiger partial charge in [-0.1, -0.05) is 32.5 Å². The minimum atomic E-state index is -1.99. The summed E-state index contributed by atoms with van der Waals surface area (Å²) < 4.78 is 10.6. The van der Waals surface area contributed by atoms with Gasteiger partial charge in [0.2, 0.25) is 12.3 Å². The first-order valence-electron chi connectivity index (χ1n) is 8.87. The second-order valence-electron chi connectivity index (χ2n) is 7.03. The number of likely N-dealkylation sites (N-methyl/N-ethyl adjacent to an activating group) is 1. The highest BCUT2D eigenvalue weighted by molar-refractivity contribution is 8.13. The molecule has 0 radical (unpaired) electrons. The minimum absolute atomic E-state index is 0.0716. The molecule has 0 aromatic heterocycles. The fourth-order valence-corrected chi connectivity index (χ4v) is 5.15. The number of hydrogen-bond acceptors (Lipinski definition) is 8. The maximum absolute atomic E-state index is 11.8. The van der Waals surface area contributed by atoms with Gasteiger partial charge in [0.1, 0.15) is 0 Å². The van der Waals surface area contributed by atoms with E-state index in [9.17, 15) is 19.3 Å². The van der Waals surface area contributed by atoms with Crippen LogP contribution < -0.4 is 5.32 Å². The summed E-state index contributed by atoms with van der Waals surface area (Å²) in [5.41, 5.74) is -0.397. The van der Waals surface area contributed by atoms with Crippen molar-refractivity contribution in [3.05, 3.63) is 12.3 Å². The van der Waals surface area contributed by atoms with E-state index in [1.807, 2.05) is 20.8 Å². The van der Waals surface area contributed by atoms with Gasteiger partial charge in [0.25, 0.3) is 0 Å². The summed E-state index contributed by atoms with van der Waals surface area (Å²) in [5.74, 6) is 0.186. The van der Waals surface area contributed by atoms with Crippen molar-refractivity contribution < 1.29 is 28.3 Å². The van der Waals surface area contributed by atoms with Crippen LogP contribution in [-0.4, -0.2) is 63.9 Å². The monoisotopic (exact) mass is 452 g/mol. The first kappa shape index (κ1) is 25.4. The number of nitrogens with zero attached hydrogens (tertiary/aromatic N) is 1. The average Bonchev–Trinajstić information content (AvgIpc) is 3.11. The molecule has 1 heterocycles. The van der Waals surface area contributed by atoms with Crippen molar-refractivity contribution in [2.45, 2.75) is 44.2 Å². The molecule has 3 unspecified atom stereocenters. The smallest absolute Gasteiger partial charge is 0.329 e. The maximum Gasteiger partial charge on any atom is 0.329 e. The second-order valence-corrected chi connectivity index (χ2v) is 10.6. The fraction of sp³-hybridized carbons (Fsp3) is 0.706. The van der Waals surface area contributed by atoms with E-state index in [1.165, 1.54) is 36.0 Å². The maximum atomic E-state index is 11.8. The first-order chi connectivity index (χ1) is 13.2. The van der Waals surface area contributed by atoms with Crippen molar-refractivity contribution in [3.8, 4) is 0 Å². The minimum Gasteiger partial charge on any atom is -0.356 e. The molecule has 28 heavy (non-hydrogen) atoms. The predicted octanol–water partition coefficient (Wildman–Crippen LogP) is 2.48. The lowest BCUT2D eigenvalue weighted by molar-refractivity contribution is -0.118. The van der Waals surface area contributed by atoms with Gasteiger partial charge in [0, 0.05) is 35.7 Å². The molecule has 1 saturated heterocycles. The van der Waals surface area contributed by atoms with Gasteiger partial charge in [-0.2, -0.15) is 0 Å². The van der Waals surface area contributed by atoms with Gasteiger partial charge in [-0.15, -0.1) is 11.8 Å². The van der Waals surface area contributed by atoms with Crippen molar-refractivity contribution in [2.24, 2.45) is 5.41 Å². The normalized spacial score (nSPS) is 20.9. The Bertz CT molecular complexity index is 558. The van der Waals surface area contributed by atoms with E-state index in [0.717, 1.165) is 12.8 Å². The van der Waals surface area contributed by atoms with E-state index in [0.29, 0.717) is 18.8 Å². The summed E-state index contributed by atoms with van der Waals surface area (Å²) in [6, 6.07) is 0. The third-order valence-electron chi connectivity index (χ3n) is 3.69. The number of hydrogen-bond donors (Lipinski definition) is 2. The van der Waals surface area contributed by atoms with E-state index in [2.05, 4.69) is 5.32 Å². The molecule has 0 aliphatic carbocycles. The Hall–Kier alpha value is -0.640. The van der Waals surface area contributed by atoms with E-state index in [-0.39, 0.29) is 28.3 Å². The molecule has 0 aromatic rings. The van der Waals surface area contributed by atoms with E-state index in [1.54, 1.807) is 11.8 Å². The van der Waals surface area contributed by atoms with Crippen LogP contribution in [0.15, 0.2) is 12.3 Å². The summed E-state index contributed by atoms with van der Waals surface area (Å²) in [6.45, 7) is 6.12. The largest absolute Gasteiger partial charge is 0.356 e. The zero-order valence-corrected chi connectivity index (χ0v) is 19.1. The predicted molar refractivity (Wildman–Crippen MR) is 113 cm³/mol. The molecule has 1 fully saturated rings. The molecular formula is C17H29N2O6PS2. The molecule has 2 amide bonds. The zero-order chi connectivity index (χ0) is 21.2. The Morgan fingerprint density at radius 1 is 1.36 bits per heavy atom. The Morgan fingerprint density at radius 3 is 2.68 bits per heavy atom. The molecular weight excluding hydrogens is 423 g/mol. The van der Waals surface area contributed by atoms with Crippen LogP contribution in [0.4, 0.5) is 0 Å². The molecule has 0 bridgehead atoms. The quantitative estimate of drug-likeness (QED) is 0.213. The van der Waals surface area contributed by atoms with Crippen LogP contribution in [0.3, 0.4) is 0 Å². The number of carbonyl (C=O) groups is 3. The third kappa shape index (κ3) is 9.71. The summed E-state index contributed by atoms with van der Waals surface area (Å²) >= 11 is 2.75. The number of nitrogens with one attached hydrogen (secondary N) is 1. The number of rotatable bonds is 11. The molecule has 1 rings (SSSR count).